The maximum atomic E-state index is 12.8. The Balaban J connectivity index is 0.00000341. The molecule has 7 nitrogen and oxygen atoms in total. The number of aromatic nitrogens is 1. The number of halogens is 3. The largest absolute Gasteiger partial charge is 0.454 e. The SMILES string of the molecule is CCNC(=NCc1cc2c(cc1OC(F)F)OCO2)NCc1csc(C(C)(C)C)n1.I. The van der Waals surface area contributed by atoms with Crippen LogP contribution in [0.4, 0.5) is 8.78 Å². The van der Waals surface area contributed by atoms with E-state index in [1.165, 1.54) is 6.07 Å². The zero-order valence-corrected chi connectivity index (χ0v) is 21.0. The maximum absolute atomic E-state index is 12.8. The normalized spacial score (nSPS) is 13.2. The van der Waals surface area contributed by atoms with Gasteiger partial charge in [0.1, 0.15) is 5.75 Å². The number of nitrogens with zero attached hydrogens (tertiary/aromatic N) is 2. The Kier molecular flexibility index (Phi) is 9.10. The summed E-state index contributed by atoms with van der Waals surface area (Å²) in [4.78, 5) is 9.15. The molecule has 172 valence electrons. The van der Waals surface area contributed by atoms with Crippen molar-refractivity contribution in [2.75, 3.05) is 13.3 Å². The molecule has 0 aliphatic carbocycles. The molecule has 2 aromatic rings. The van der Waals surface area contributed by atoms with Crippen LogP contribution < -0.4 is 24.8 Å². The number of hydrogen-bond donors (Lipinski definition) is 2. The first-order chi connectivity index (χ1) is 14.3. The number of thiazole rings is 1. The molecule has 2 heterocycles. The summed E-state index contributed by atoms with van der Waals surface area (Å²) >= 11 is 1.63. The molecule has 11 heteroatoms. The predicted octanol–water partition coefficient (Wildman–Crippen LogP) is 4.64. The lowest BCUT2D eigenvalue weighted by Gasteiger charge is -2.14. The summed E-state index contributed by atoms with van der Waals surface area (Å²) in [5.41, 5.74) is 1.39. The van der Waals surface area contributed by atoms with Gasteiger partial charge in [-0.2, -0.15) is 8.78 Å². The number of alkyl halides is 2. The zero-order chi connectivity index (χ0) is 21.7. The highest BCUT2D eigenvalue weighted by Gasteiger charge is 2.20. The molecule has 1 aromatic carbocycles. The minimum atomic E-state index is -2.94. The van der Waals surface area contributed by atoms with Gasteiger partial charge in [0, 0.05) is 29.0 Å². The Morgan fingerprint density at radius 1 is 1.26 bits per heavy atom. The summed E-state index contributed by atoms with van der Waals surface area (Å²) in [5, 5.41) is 9.45. The fourth-order valence-corrected chi connectivity index (χ4v) is 3.61. The van der Waals surface area contributed by atoms with Crippen molar-refractivity contribution >= 4 is 41.3 Å². The molecule has 31 heavy (non-hydrogen) atoms. The van der Waals surface area contributed by atoms with Gasteiger partial charge in [-0.3, -0.25) is 0 Å². The van der Waals surface area contributed by atoms with Crippen molar-refractivity contribution in [3.63, 3.8) is 0 Å². The molecular weight excluding hydrogens is 541 g/mol. The van der Waals surface area contributed by atoms with E-state index in [0.29, 0.717) is 36.1 Å². The standard InChI is InChI=1S/C20H26F2N4O3S.HI/c1-5-23-19(25-9-13-10-30-17(26-13)20(2,3)4)24-8-12-6-15-16(28-11-27-15)7-14(12)29-18(21)22;/h6-7,10,18H,5,8-9,11H2,1-4H3,(H2,23,24,25);1H. The number of hydrogen-bond acceptors (Lipinski definition) is 6. The van der Waals surface area contributed by atoms with E-state index < -0.39 is 6.61 Å². The van der Waals surface area contributed by atoms with Crippen LogP contribution in [0.5, 0.6) is 17.2 Å². The summed E-state index contributed by atoms with van der Waals surface area (Å²) in [6.07, 6.45) is 0. The Morgan fingerprint density at radius 2 is 1.97 bits per heavy atom. The van der Waals surface area contributed by atoms with Gasteiger partial charge in [-0.1, -0.05) is 20.8 Å². The van der Waals surface area contributed by atoms with Crippen LogP contribution in [0.15, 0.2) is 22.5 Å². The van der Waals surface area contributed by atoms with E-state index in [1.807, 2.05) is 12.3 Å². The summed E-state index contributed by atoms with van der Waals surface area (Å²) in [6, 6.07) is 3.02. The van der Waals surface area contributed by atoms with Gasteiger partial charge in [0.25, 0.3) is 0 Å². The summed E-state index contributed by atoms with van der Waals surface area (Å²) in [7, 11) is 0. The third-order valence-electron chi connectivity index (χ3n) is 4.15. The van der Waals surface area contributed by atoms with Gasteiger partial charge in [-0.05, 0) is 13.0 Å². The van der Waals surface area contributed by atoms with Crippen molar-refractivity contribution in [2.24, 2.45) is 4.99 Å². The summed E-state index contributed by atoms with van der Waals surface area (Å²) < 4.78 is 40.8. The molecule has 0 bridgehead atoms. The van der Waals surface area contributed by atoms with Crippen LogP contribution in [0.25, 0.3) is 0 Å². The average molecular weight is 568 g/mol. The molecule has 1 aliphatic heterocycles. The molecule has 3 rings (SSSR count). The van der Waals surface area contributed by atoms with Crippen molar-refractivity contribution in [1.29, 1.82) is 0 Å². The molecule has 0 radical (unpaired) electrons. The number of fused-ring (bicyclic) bond motifs is 1. The highest BCUT2D eigenvalue weighted by molar-refractivity contribution is 14.0. The topological polar surface area (TPSA) is 77.0 Å². The molecule has 0 spiro atoms. The van der Waals surface area contributed by atoms with E-state index in [1.54, 1.807) is 17.4 Å². The molecule has 0 amide bonds. The van der Waals surface area contributed by atoms with Gasteiger partial charge in [0.2, 0.25) is 6.79 Å². The van der Waals surface area contributed by atoms with E-state index in [-0.39, 0.29) is 48.5 Å². The van der Waals surface area contributed by atoms with Gasteiger partial charge in [-0.15, -0.1) is 35.3 Å². The molecule has 0 saturated heterocycles. The smallest absolute Gasteiger partial charge is 0.387 e. The highest BCUT2D eigenvalue weighted by atomic mass is 127. The first-order valence-corrected chi connectivity index (χ1v) is 10.5. The Bertz CT molecular complexity index is 903. The molecule has 1 aliphatic rings. The van der Waals surface area contributed by atoms with Crippen LogP contribution in [0, 0.1) is 0 Å². The summed E-state index contributed by atoms with van der Waals surface area (Å²) in [6.45, 7) is 6.70. The van der Waals surface area contributed by atoms with Crippen LogP contribution >= 0.6 is 35.3 Å². The van der Waals surface area contributed by atoms with Crippen molar-refractivity contribution in [2.45, 2.75) is 52.8 Å². The number of ether oxygens (including phenoxy) is 3. The lowest BCUT2D eigenvalue weighted by atomic mass is 9.98. The van der Waals surface area contributed by atoms with E-state index in [9.17, 15) is 8.78 Å². The number of guanidine groups is 1. The molecule has 0 fully saturated rings. The second kappa shape index (κ2) is 11.1. The Labute approximate surface area is 201 Å². The number of aliphatic imine (C=N–C) groups is 1. The van der Waals surface area contributed by atoms with Crippen LogP contribution in [0.3, 0.4) is 0 Å². The van der Waals surface area contributed by atoms with E-state index in [4.69, 9.17) is 9.47 Å². The van der Waals surface area contributed by atoms with Gasteiger partial charge in [0.05, 0.1) is 23.8 Å². The number of nitrogens with one attached hydrogen (secondary N) is 2. The average Bonchev–Trinajstić information content (AvgIpc) is 3.32. The molecule has 0 atom stereocenters. The van der Waals surface area contributed by atoms with E-state index in [0.717, 1.165) is 10.7 Å². The fourth-order valence-electron chi connectivity index (χ4n) is 2.71. The quantitative estimate of drug-likeness (QED) is 0.288. The van der Waals surface area contributed by atoms with Crippen molar-refractivity contribution in [1.82, 2.24) is 15.6 Å². The van der Waals surface area contributed by atoms with Crippen LogP contribution in [0.1, 0.15) is 44.0 Å². The van der Waals surface area contributed by atoms with Crippen molar-refractivity contribution in [3.05, 3.63) is 33.8 Å². The molecule has 2 N–H and O–H groups in total. The van der Waals surface area contributed by atoms with E-state index in [2.05, 4.69) is 46.1 Å². The molecular formula is C20H27F2IN4O3S. The fraction of sp³-hybridized carbons (Fsp3) is 0.500. The van der Waals surface area contributed by atoms with Crippen molar-refractivity contribution < 1.29 is 23.0 Å². The van der Waals surface area contributed by atoms with Gasteiger partial charge in [-0.25, -0.2) is 9.98 Å². The lowest BCUT2D eigenvalue weighted by Crippen LogP contribution is -2.36. The first-order valence-electron chi connectivity index (χ1n) is 9.60. The second-order valence-corrected chi connectivity index (χ2v) is 8.49. The van der Waals surface area contributed by atoms with Gasteiger partial charge < -0.3 is 24.8 Å². The Morgan fingerprint density at radius 3 is 2.58 bits per heavy atom. The third kappa shape index (κ3) is 7.06. The molecule has 0 unspecified atom stereocenters. The van der Waals surface area contributed by atoms with Crippen LogP contribution in [0.2, 0.25) is 0 Å². The predicted molar refractivity (Wildman–Crippen MR) is 127 cm³/mol. The lowest BCUT2D eigenvalue weighted by molar-refractivity contribution is -0.0505. The van der Waals surface area contributed by atoms with Crippen LogP contribution in [-0.2, 0) is 18.5 Å². The number of benzene rings is 1. The zero-order valence-electron chi connectivity index (χ0n) is 17.8. The summed E-state index contributed by atoms with van der Waals surface area (Å²) in [5.74, 6) is 1.42. The van der Waals surface area contributed by atoms with Gasteiger partial charge in [0.15, 0.2) is 17.5 Å². The van der Waals surface area contributed by atoms with Crippen molar-refractivity contribution in [3.8, 4) is 17.2 Å². The first kappa shape index (κ1) is 25.4. The molecule has 1 aromatic heterocycles. The van der Waals surface area contributed by atoms with Gasteiger partial charge >= 0.3 is 6.61 Å². The van der Waals surface area contributed by atoms with E-state index >= 15 is 0 Å². The second-order valence-electron chi connectivity index (χ2n) is 7.63. The Hall–Kier alpha value is -1.89. The monoisotopic (exact) mass is 568 g/mol. The molecule has 0 saturated carbocycles. The number of rotatable bonds is 7. The maximum Gasteiger partial charge on any atom is 0.387 e. The van der Waals surface area contributed by atoms with Crippen LogP contribution in [-0.4, -0.2) is 30.9 Å². The third-order valence-corrected chi connectivity index (χ3v) is 5.47. The minimum absolute atomic E-state index is 0. The minimum Gasteiger partial charge on any atom is -0.454 e. The highest BCUT2D eigenvalue weighted by Crippen LogP contribution is 2.39.